The van der Waals surface area contributed by atoms with Crippen molar-refractivity contribution in [1.82, 2.24) is 9.62 Å². The van der Waals surface area contributed by atoms with Crippen LogP contribution in [0.4, 0.5) is 15.8 Å². The minimum absolute atomic E-state index is 0.148. The second kappa shape index (κ2) is 9.04. The highest BCUT2D eigenvalue weighted by atomic mass is 32.2. The van der Waals surface area contributed by atoms with E-state index in [4.69, 9.17) is 0 Å². The molecule has 176 valence electrons. The Morgan fingerprint density at radius 2 is 1.76 bits per heavy atom. The lowest BCUT2D eigenvalue weighted by Gasteiger charge is -2.36. The second-order valence-corrected chi connectivity index (χ2v) is 10.7. The molecular formula is C24H29FN4O3S. The first kappa shape index (κ1) is 22.3. The van der Waals surface area contributed by atoms with E-state index in [1.54, 1.807) is 35.2 Å². The summed E-state index contributed by atoms with van der Waals surface area (Å²) < 4.78 is 42.3. The van der Waals surface area contributed by atoms with Gasteiger partial charge in [0.05, 0.1) is 10.6 Å². The van der Waals surface area contributed by atoms with Crippen LogP contribution in [0.15, 0.2) is 47.4 Å². The van der Waals surface area contributed by atoms with Gasteiger partial charge in [-0.25, -0.2) is 17.5 Å². The Balaban J connectivity index is 1.13. The number of anilines is 2. The van der Waals surface area contributed by atoms with E-state index in [0.717, 1.165) is 37.2 Å². The zero-order chi connectivity index (χ0) is 23.0. The minimum Gasteiger partial charge on any atom is -0.367 e. The van der Waals surface area contributed by atoms with Crippen LogP contribution >= 0.6 is 0 Å². The lowest BCUT2D eigenvalue weighted by Crippen LogP contribution is -2.48. The van der Waals surface area contributed by atoms with Gasteiger partial charge in [-0.3, -0.25) is 9.69 Å². The lowest BCUT2D eigenvalue weighted by atomic mass is 10.2. The SMILES string of the molecule is O=C(C1CC1)N1CCc2cc(S(=O)(=O)NCCN3CCN(c4ccccc4F)CC3)ccc21. The molecular weight excluding hydrogens is 443 g/mol. The largest absolute Gasteiger partial charge is 0.367 e. The van der Waals surface area contributed by atoms with Crippen LogP contribution in [-0.4, -0.2) is 65.0 Å². The summed E-state index contributed by atoms with van der Waals surface area (Å²) in [5.74, 6) is 0.0975. The number of piperazine rings is 1. The Hall–Kier alpha value is -2.49. The van der Waals surface area contributed by atoms with Crippen molar-refractivity contribution < 1.29 is 17.6 Å². The maximum Gasteiger partial charge on any atom is 0.240 e. The fourth-order valence-corrected chi connectivity index (χ4v) is 5.74. The van der Waals surface area contributed by atoms with E-state index < -0.39 is 10.0 Å². The Morgan fingerprint density at radius 3 is 2.48 bits per heavy atom. The second-order valence-electron chi connectivity index (χ2n) is 8.98. The number of hydrogen-bond donors (Lipinski definition) is 1. The van der Waals surface area contributed by atoms with Crippen LogP contribution < -0.4 is 14.5 Å². The molecule has 0 radical (unpaired) electrons. The summed E-state index contributed by atoms with van der Waals surface area (Å²) in [7, 11) is -3.62. The highest BCUT2D eigenvalue weighted by Crippen LogP contribution is 2.37. The fourth-order valence-electron chi connectivity index (χ4n) is 4.67. The average Bonchev–Trinajstić information content (AvgIpc) is 3.58. The molecule has 1 aliphatic carbocycles. The number of fused-ring (bicyclic) bond motifs is 1. The summed E-state index contributed by atoms with van der Waals surface area (Å²) in [6, 6.07) is 11.8. The highest BCUT2D eigenvalue weighted by Gasteiger charge is 2.36. The van der Waals surface area contributed by atoms with Crippen molar-refractivity contribution in [3.8, 4) is 0 Å². The zero-order valence-corrected chi connectivity index (χ0v) is 19.4. The third-order valence-corrected chi connectivity index (χ3v) is 8.19. The molecule has 2 aromatic rings. The van der Waals surface area contributed by atoms with Crippen molar-refractivity contribution in [3.63, 3.8) is 0 Å². The number of nitrogens with zero attached hydrogens (tertiary/aromatic N) is 3. The molecule has 2 aromatic carbocycles. The average molecular weight is 473 g/mol. The minimum atomic E-state index is -3.62. The third kappa shape index (κ3) is 4.76. The first-order chi connectivity index (χ1) is 15.9. The molecule has 1 saturated heterocycles. The molecule has 5 rings (SSSR count). The van der Waals surface area contributed by atoms with Crippen molar-refractivity contribution >= 4 is 27.3 Å². The molecule has 9 heteroatoms. The van der Waals surface area contributed by atoms with Gasteiger partial charge in [-0.15, -0.1) is 0 Å². The number of amides is 1. The summed E-state index contributed by atoms with van der Waals surface area (Å²) in [6.07, 6.45) is 2.60. The quantitative estimate of drug-likeness (QED) is 0.669. The molecule has 0 spiro atoms. The van der Waals surface area contributed by atoms with Crippen LogP contribution in [0.2, 0.25) is 0 Å². The Kier molecular flexibility index (Phi) is 6.11. The number of carbonyl (C=O) groups is 1. The van der Waals surface area contributed by atoms with Gasteiger partial charge in [-0.05, 0) is 55.2 Å². The van der Waals surface area contributed by atoms with E-state index in [0.29, 0.717) is 44.8 Å². The molecule has 3 aliphatic rings. The maximum atomic E-state index is 14.0. The van der Waals surface area contributed by atoms with Crippen LogP contribution in [0.3, 0.4) is 0 Å². The molecule has 0 unspecified atom stereocenters. The van der Waals surface area contributed by atoms with E-state index in [9.17, 15) is 17.6 Å². The molecule has 7 nitrogen and oxygen atoms in total. The van der Waals surface area contributed by atoms with Gasteiger partial charge in [-0.2, -0.15) is 0 Å². The van der Waals surface area contributed by atoms with Crippen molar-refractivity contribution in [1.29, 1.82) is 0 Å². The molecule has 2 heterocycles. The molecule has 1 saturated carbocycles. The molecule has 2 aliphatic heterocycles. The molecule has 1 N–H and O–H groups in total. The number of halogens is 1. The Labute approximate surface area is 194 Å². The van der Waals surface area contributed by atoms with E-state index in [1.807, 2.05) is 11.0 Å². The normalized spacial score (nSPS) is 19.1. The number of benzene rings is 2. The van der Waals surface area contributed by atoms with Crippen LogP contribution in [0.1, 0.15) is 18.4 Å². The molecule has 33 heavy (non-hydrogen) atoms. The summed E-state index contributed by atoms with van der Waals surface area (Å²) >= 11 is 0. The smallest absolute Gasteiger partial charge is 0.240 e. The standard InChI is InChI=1S/C24H29FN4O3S/c25-21-3-1-2-4-23(21)28-15-13-27(14-16-28)12-10-26-33(31,32)20-7-8-22-19(17-20)9-11-29(22)24(30)18-5-6-18/h1-4,7-8,17-18,26H,5-6,9-16H2. The number of sulfonamides is 1. The highest BCUT2D eigenvalue weighted by molar-refractivity contribution is 7.89. The van der Waals surface area contributed by atoms with E-state index in [2.05, 4.69) is 9.62 Å². The topological polar surface area (TPSA) is 73.0 Å². The van der Waals surface area contributed by atoms with Crippen LogP contribution in [0.5, 0.6) is 0 Å². The molecule has 1 amide bonds. The van der Waals surface area contributed by atoms with Crippen molar-refractivity contribution in [2.75, 3.05) is 55.6 Å². The van der Waals surface area contributed by atoms with Gasteiger partial charge in [0, 0.05) is 57.4 Å². The number of nitrogens with one attached hydrogen (secondary N) is 1. The number of rotatable bonds is 7. The summed E-state index contributed by atoms with van der Waals surface area (Å²) in [5.41, 5.74) is 2.38. The van der Waals surface area contributed by atoms with Crippen molar-refractivity contribution in [2.45, 2.75) is 24.2 Å². The first-order valence-corrected chi connectivity index (χ1v) is 13.1. The lowest BCUT2D eigenvalue weighted by molar-refractivity contribution is -0.119. The van der Waals surface area contributed by atoms with Gasteiger partial charge in [0.2, 0.25) is 15.9 Å². The monoisotopic (exact) mass is 472 g/mol. The van der Waals surface area contributed by atoms with Crippen LogP contribution in [0.25, 0.3) is 0 Å². The maximum absolute atomic E-state index is 14.0. The molecule has 0 bridgehead atoms. The number of carbonyl (C=O) groups excluding carboxylic acids is 1. The van der Waals surface area contributed by atoms with Crippen molar-refractivity contribution in [2.24, 2.45) is 5.92 Å². The Bertz CT molecular complexity index is 1140. The van der Waals surface area contributed by atoms with Crippen LogP contribution in [0, 0.1) is 11.7 Å². The van der Waals surface area contributed by atoms with Crippen LogP contribution in [-0.2, 0) is 21.2 Å². The fraction of sp³-hybridized carbons (Fsp3) is 0.458. The van der Waals surface area contributed by atoms with Gasteiger partial charge in [-0.1, -0.05) is 12.1 Å². The van der Waals surface area contributed by atoms with Gasteiger partial charge in [0.1, 0.15) is 5.82 Å². The molecule has 0 aromatic heterocycles. The van der Waals surface area contributed by atoms with E-state index in [-0.39, 0.29) is 22.5 Å². The van der Waals surface area contributed by atoms with Crippen molar-refractivity contribution in [3.05, 3.63) is 53.8 Å². The van der Waals surface area contributed by atoms with Gasteiger partial charge < -0.3 is 9.80 Å². The zero-order valence-electron chi connectivity index (χ0n) is 18.5. The van der Waals surface area contributed by atoms with E-state index in [1.165, 1.54) is 6.07 Å². The number of hydrogen-bond acceptors (Lipinski definition) is 5. The molecule has 0 atom stereocenters. The molecule has 2 fully saturated rings. The summed E-state index contributed by atoms with van der Waals surface area (Å²) in [5, 5.41) is 0. The van der Waals surface area contributed by atoms with E-state index >= 15 is 0 Å². The van der Waals surface area contributed by atoms with Gasteiger partial charge in [0.15, 0.2) is 0 Å². The number of para-hydroxylation sites is 1. The third-order valence-electron chi connectivity index (χ3n) is 6.73. The predicted octanol–water partition coefficient (Wildman–Crippen LogP) is 2.23. The Morgan fingerprint density at radius 1 is 1.00 bits per heavy atom. The predicted molar refractivity (Wildman–Crippen MR) is 125 cm³/mol. The first-order valence-electron chi connectivity index (χ1n) is 11.6. The summed E-state index contributed by atoms with van der Waals surface area (Å²) in [6.45, 7) is 4.44. The van der Waals surface area contributed by atoms with Gasteiger partial charge >= 0.3 is 0 Å². The van der Waals surface area contributed by atoms with Gasteiger partial charge in [0.25, 0.3) is 0 Å². The summed E-state index contributed by atoms with van der Waals surface area (Å²) in [4.78, 5) is 18.7.